The summed E-state index contributed by atoms with van der Waals surface area (Å²) in [6, 6.07) is 15.1. The topological polar surface area (TPSA) is 30.5 Å². The van der Waals surface area contributed by atoms with Crippen LogP contribution in [0.5, 0.6) is 11.5 Å². The van der Waals surface area contributed by atoms with Gasteiger partial charge in [-0.1, -0.05) is 24.3 Å². The van der Waals surface area contributed by atoms with Crippen LogP contribution in [0.4, 0.5) is 0 Å². The van der Waals surface area contributed by atoms with Gasteiger partial charge in [-0.15, -0.1) is 0 Å². The molecule has 0 saturated heterocycles. The van der Waals surface area contributed by atoms with E-state index in [-0.39, 0.29) is 6.10 Å². The minimum absolute atomic E-state index is 0.100. The van der Waals surface area contributed by atoms with E-state index in [1.54, 1.807) is 0 Å². The summed E-state index contributed by atoms with van der Waals surface area (Å²) >= 11 is 0. The van der Waals surface area contributed by atoms with Crippen LogP contribution in [0.1, 0.15) is 35.3 Å². The number of hydrogen-bond donors (Lipinski definition) is 1. The molecule has 0 saturated carbocycles. The van der Waals surface area contributed by atoms with E-state index < -0.39 is 0 Å². The molecule has 2 aromatic rings. The standard InChI is InChI=1S/C18H19NO2/c1-19-15-11-18(21-17-5-3-2-4-14(15)17)12-6-7-16-13(10-12)8-9-20-16/h2-7,10,15,18-19H,8-9,11H2,1H3. The van der Waals surface area contributed by atoms with Crippen LogP contribution in [0.3, 0.4) is 0 Å². The van der Waals surface area contributed by atoms with Crippen molar-refractivity contribution in [1.29, 1.82) is 0 Å². The first-order chi connectivity index (χ1) is 10.3. The third kappa shape index (κ3) is 2.18. The molecule has 21 heavy (non-hydrogen) atoms. The third-order valence-corrected chi connectivity index (χ3v) is 4.45. The molecule has 2 unspecified atom stereocenters. The van der Waals surface area contributed by atoms with Gasteiger partial charge in [-0.25, -0.2) is 0 Å². The van der Waals surface area contributed by atoms with Gasteiger partial charge in [0, 0.05) is 24.4 Å². The lowest BCUT2D eigenvalue weighted by atomic mass is 9.92. The second-order valence-electron chi connectivity index (χ2n) is 5.69. The molecule has 2 heterocycles. The summed E-state index contributed by atoms with van der Waals surface area (Å²) < 4.78 is 11.8. The minimum Gasteiger partial charge on any atom is -0.493 e. The Labute approximate surface area is 124 Å². The molecule has 1 N–H and O–H groups in total. The molecule has 3 heteroatoms. The number of benzene rings is 2. The fourth-order valence-corrected chi connectivity index (χ4v) is 3.30. The van der Waals surface area contributed by atoms with Crippen LogP contribution in [-0.2, 0) is 6.42 Å². The quantitative estimate of drug-likeness (QED) is 0.915. The first kappa shape index (κ1) is 12.7. The van der Waals surface area contributed by atoms with E-state index in [2.05, 4.69) is 41.7 Å². The molecule has 4 rings (SSSR count). The summed E-state index contributed by atoms with van der Waals surface area (Å²) in [7, 11) is 2.01. The van der Waals surface area contributed by atoms with Gasteiger partial charge in [0.25, 0.3) is 0 Å². The summed E-state index contributed by atoms with van der Waals surface area (Å²) in [5.41, 5.74) is 3.80. The molecule has 2 aromatic carbocycles. The van der Waals surface area contributed by atoms with E-state index in [0.29, 0.717) is 6.04 Å². The zero-order chi connectivity index (χ0) is 14.2. The molecule has 108 valence electrons. The van der Waals surface area contributed by atoms with Crippen LogP contribution in [-0.4, -0.2) is 13.7 Å². The Balaban J connectivity index is 1.68. The average molecular weight is 281 g/mol. The van der Waals surface area contributed by atoms with Crippen molar-refractivity contribution in [2.45, 2.75) is 25.0 Å². The number of hydrogen-bond acceptors (Lipinski definition) is 3. The number of para-hydroxylation sites is 1. The molecule has 0 fully saturated rings. The predicted octanol–water partition coefficient (Wildman–Crippen LogP) is 3.41. The molecule has 0 bridgehead atoms. The van der Waals surface area contributed by atoms with Gasteiger partial charge in [0.1, 0.15) is 17.6 Å². The van der Waals surface area contributed by atoms with Gasteiger partial charge in [0.2, 0.25) is 0 Å². The van der Waals surface area contributed by atoms with E-state index in [1.165, 1.54) is 16.7 Å². The molecule has 2 atom stereocenters. The van der Waals surface area contributed by atoms with E-state index in [4.69, 9.17) is 9.47 Å². The van der Waals surface area contributed by atoms with Gasteiger partial charge in [-0.3, -0.25) is 0 Å². The fourth-order valence-electron chi connectivity index (χ4n) is 3.30. The molecule has 0 spiro atoms. The zero-order valence-corrected chi connectivity index (χ0v) is 12.1. The third-order valence-electron chi connectivity index (χ3n) is 4.45. The summed E-state index contributed by atoms with van der Waals surface area (Å²) in [5.74, 6) is 2.02. The highest BCUT2D eigenvalue weighted by molar-refractivity contribution is 5.43. The van der Waals surface area contributed by atoms with Gasteiger partial charge < -0.3 is 14.8 Å². The second kappa shape index (κ2) is 5.08. The van der Waals surface area contributed by atoms with Crippen LogP contribution >= 0.6 is 0 Å². The number of rotatable bonds is 2. The van der Waals surface area contributed by atoms with Crippen molar-refractivity contribution in [3.05, 3.63) is 59.2 Å². The van der Waals surface area contributed by atoms with Crippen LogP contribution < -0.4 is 14.8 Å². The highest BCUT2D eigenvalue weighted by Crippen LogP contribution is 2.41. The van der Waals surface area contributed by atoms with Crippen molar-refractivity contribution >= 4 is 0 Å². The van der Waals surface area contributed by atoms with Gasteiger partial charge in [0.05, 0.1) is 6.61 Å². The Kier molecular flexibility index (Phi) is 3.08. The lowest BCUT2D eigenvalue weighted by Crippen LogP contribution is -2.26. The van der Waals surface area contributed by atoms with Crippen LogP contribution in [0.15, 0.2) is 42.5 Å². The Morgan fingerprint density at radius 2 is 2.00 bits per heavy atom. The fraction of sp³-hybridized carbons (Fsp3) is 0.333. The smallest absolute Gasteiger partial charge is 0.126 e. The second-order valence-corrected chi connectivity index (χ2v) is 5.69. The molecular formula is C18H19NO2. The number of ether oxygens (including phenoxy) is 2. The molecule has 2 aliphatic rings. The average Bonchev–Trinajstić information content (AvgIpc) is 3.01. The maximum absolute atomic E-state index is 6.23. The van der Waals surface area contributed by atoms with Crippen molar-refractivity contribution in [2.75, 3.05) is 13.7 Å². The molecule has 3 nitrogen and oxygen atoms in total. The van der Waals surface area contributed by atoms with Crippen molar-refractivity contribution in [1.82, 2.24) is 5.32 Å². The van der Waals surface area contributed by atoms with Crippen LogP contribution in [0.25, 0.3) is 0 Å². The predicted molar refractivity (Wildman–Crippen MR) is 81.9 cm³/mol. The molecule has 0 amide bonds. The van der Waals surface area contributed by atoms with Crippen LogP contribution in [0, 0.1) is 0 Å². The number of fused-ring (bicyclic) bond motifs is 2. The van der Waals surface area contributed by atoms with Gasteiger partial charge in [-0.05, 0) is 36.4 Å². The van der Waals surface area contributed by atoms with E-state index in [1.807, 2.05) is 13.1 Å². The molecule has 0 radical (unpaired) electrons. The van der Waals surface area contributed by atoms with E-state index in [9.17, 15) is 0 Å². The van der Waals surface area contributed by atoms with Gasteiger partial charge >= 0.3 is 0 Å². The summed E-state index contributed by atoms with van der Waals surface area (Å²) in [6.07, 6.45) is 2.05. The zero-order valence-electron chi connectivity index (χ0n) is 12.1. The van der Waals surface area contributed by atoms with Gasteiger partial charge in [0.15, 0.2) is 0 Å². The highest BCUT2D eigenvalue weighted by Gasteiger charge is 2.28. The monoisotopic (exact) mass is 281 g/mol. The maximum Gasteiger partial charge on any atom is 0.126 e. The Morgan fingerprint density at radius 3 is 2.90 bits per heavy atom. The van der Waals surface area contributed by atoms with E-state index in [0.717, 1.165) is 30.9 Å². The maximum atomic E-state index is 6.23. The van der Waals surface area contributed by atoms with Crippen molar-refractivity contribution in [3.8, 4) is 11.5 Å². The van der Waals surface area contributed by atoms with Crippen molar-refractivity contribution < 1.29 is 9.47 Å². The molecule has 0 aliphatic carbocycles. The first-order valence-corrected chi connectivity index (χ1v) is 7.53. The minimum atomic E-state index is 0.100. The Bertz CT molecular complexity index is 668. The van der Waals surface area contributed by atoms with Gasteiger partial charge in [-0.2, -0.15) is 0 Å². The molecule has 0 aromatic heterocycles. The lowest BCUT2D eigenvalue weighted by Gasteiger charge is -2.32. The Hall–Kier alpha value is -2.00. The first-order valence-electron chi connectivity index (χ1n) is 7.53. The molecular weight excluding hydrogens is 262 g/mol. The summed E-state index contributed by atoms with van der Waals surface area (Å²) in [6.45, 7) is 0.798. The largest absolute Gasteiger partial charge is 0.493 e. The summed E-state index contributed by atoms with van der Waals surface area (Å²) in [4.78, 5) is 0. The van der Waals surface area contributed by atoms with Crippen molar-refractivity contribution in [3.63, 3.8) is 0 Å². The molecule has 2 aliphatic heterocycles. The normalized spacial score (nSPS) is 22.9. The van der Waals surface area contributed by atoms with E-state index >= 15 is 0 Å². The highest BCUT2D eigenvalue weighted by atomic mass is 16.5. The number of nitrogens with one attached hydrogen (secondary N) is 1. The SMILES string of the molecule is CNC1CC(c2ccc3c(c2)CCO3)Oc2ccccc21. The lowest BCUT2D eigenvalue weighted by molar-refractivity contribution is 0.154. The summed E-state index contributed by atoms with van der Waals surface area (Å²) in [5, 5.41) is 3.41. The van der Waals surface area contributed by atoms with Crippen LogP contribution in [0.2, 0.25) is 0 Å². The Morgan fingerprint density at radius 1 is 1.10 bits per heavy atom. The van der Waals surface area contributed by atoms with Crippen molar-refractivity contribution in [2.24, 2.45) is 0 Å².